The lowest BCUT2D eigenvalue weighted by atomic mass is 9.72. The molecular formula is C22H27N3O4. The highest BCUT2D eigenvalue weighted by atomic mass is 16.5. The van der Waals surface area contributed by atoms with Crippen LogP contribution < -0.4 is 5.56 Å². The summed E-state index contributed by atoms with van der Waals surface area (Å²) in [6.45, 7) is 3.36. The number of piperidine rings is 1. The number of aromatic nitrogens is 2. The van der Waals surface area contributed by atoms with Gasteiger partial charge in [-0.1, -0.05) is 43.7 Å². The molecule has 154 valence electrons. The number of rotatable bonds is 6. The van der Waals surface area contributed by atoms with Gasteiger partial charge in [-0.3, -0.25) is 14.4 Å². The summed E-state index contributed by atoms with van der Waals surface area (Å²) in [6.07, 6.45) is 2.72. The normalized spacial score (nSPS) is 15.7. The first-order valence-corrected chi connectivity index (χ1v) is 10.0. The molecule has 2 heterocycles. The Balaban J connectivity index is 1.78. The lowest BCUT2D eigenvalue weighted by Crippen LogP contribution is -2.49. The van der Waals surface area contributed by atoms with Gasteiger partial charge in [-0.25, -0.2) is 4.68 Å². The number of carbonyl (C=O) groups is 2. The van der Waals surface area contributed by atoms with Crippen LogP contribution in [0.25, 0.3) is 0 Å². The molecule has 7 nitrogen and oxygen atoms in total. The second-order valence-electron chi connectivity index (χ2n) is 7.37. The number of amides is 1. The van der Waals surface area contributed by atoms with Gasteiger partial charge < -0.3 is 9.64 Å². The van der Waals surface area contributed by atoms with Crippen molar-refractivity contribution in [3.05, 3.63) is 64.1 Å². The summed E-state index contributed by atoms with van der Waals surface area (Å²) in [6, 6.07) is 12.4. The molecule has 0 aliphatic carbocycles. The SMILES string of the molecule is CCCCn1nc(C(=O)N2CCC(C(=O)OC)(c3ccccc3)CC2)ccc1=O. The van der Waals surface area contributed by atoms with E-state index in [2.05, 4.69) is 5.10 Å². The summed E-state index contributed by atoms with van der Waals surface area (Å²) in [5.74, 6) is -0.496. The van der Waals surface area contributed by atoms with Crippen molar-refractivity contribution in [3.8, 4) is 0 Å². The maximum absolute atomic E-state index is 13.0. The number of benzene rings is 1. The van der Waals surface area contributed by atoms with Gasteiger partial charge >= 0.3 is 5.97 Å². The van der Waals surface area contributed by atoms with Crippen LogP contribution >= 0.6 is 0 Å². The van der Waals surface area contributed by atoms with Crippen molar-refractivity contribution in [1.29, 1.82) is 0 Å². The maximum atomic E-state index is 13.0. The van der Waals surface area contributed by atoms with Crippen molar-refractivity contribution >= 4 is 11.9 Å². The molecule has 3 rings (SSSR count). The van der Waals surface area contributed by atoms with Gasteiger partial charge in [-0.15, -0.1) is 0 Å². The zero-order valence-corrected chi connectivity index (χ0v) is 17.0. The van der Waals surface area contributed by atoms with Crippen LogP contribution in [0.4, 0.5) is 0 Å². The summed E-state index contributed by atoms with van der Waals surface area (Å²) in [4.78, 5) is 39.2. The number of ether oxygens (including phenoxy) is 1. The first-order chi connectivity index (χ1) is 14.0. The van der Waals surface area contributed by atoms with E-state index in [1.54, 1.807) is 4.90 Å². The van der Waals surface area contributed by atoms with Crippen molar-refractivity contribution in [1.82, 2.24) is 14.7 Å². The fourth-order valence-corrected chi connectivity index (χ4v) is 3.85. The molecule has 29 heavy (non-hydrogen) atoms. The summed E-state index contributed by atoms with van der Waals surface area (Å²) < 4.78 is 6.45. The van der Waals surface area contributed by atoms with E-state index in [-0.39, 0.29) is 23.1 Å². The average molecular weight is 397 g/mol. The van der Waals surface area contributed by atoms with Crippen LogP contribution in [0.5, 0.6) is 0 Å². The molecule has 1 aliphatic rings. The van der Waals surface area contributed by atoms with Crippen LogP contribution in [0.3, 0.4) is 0 Å². The highest BCUT2D eigenvalue weighted by molar-refractivity contribution is 5.92. The van der Waals surface area contributed by atoms with E-state index in [0.29, 0.717) is 32.5 Å². The first-order valence-electron chi connectivity index (χ1n) is 10.0. The number of hydrogen-bond donors (Lipinski definition) is 0. The molecule has 1 amide bonds. The van der Waals surface area contributed by atoms with Gasteiger partial charge in [0, 0.05) is 25.7 Å². The zero-order chi connectivity index (χ0) is 20.9. The Morgan fingerprint density at radius 2 is 1.79 bits per heavy atom. The van der Waals surface area contributed by atoms with Crippen LogP contribution in [0, 0.1) is 0 Å². The summed E-state index contributed by atoms with van der Waals surface area (Å²) in [5.41, 5.74) is 0.207. The Morgan fingerprint density at radius 1 is 1.10 bits per heavy atom. The Kier molecular flexibility index (Phi) is 6.46. The van der Waals surface area contributed by atoms with Crippen LogP contribution in [0.15, 0.2) is 47.3 Å². The quantitative estimate of drug-likeness (QED) is 0.699. The molecule has 0 radical (unpaired) electrons. The number of unbranched alkanes of at least 4 members (excludes halogenated alkanes) is 1. The molecule has 0 spiro atoms. The highest BCUT2D eigenvalue weighted by Gasteiger charge is 2.44. The molecule has 0 saturated carbocycles. The van der Waals surface area contributed by atoms with Gasteiger partial charge in [-0.2, -0.15) is 5.10 Å². The average Bonchev–Trinajstić information content (AvgIpc) is 2.78. The fraction of sp³-hybridized carbons (Fsp3) is 0.455. The standard InChI is InChI=1S/C22H27N3O4/c1-3-4-14-25-19(26)11-10-18(23-25)20(27)24-15-12-22(13-16-24,21(28)29-2)17-8-6-5-7-9-17/h5-11H,3-4,12-16H2,1-2H3. The number of carbonyl (C=O) groups excluding carboxylic acids is 2. The molecule has 2 aromatic rings. The molecule has 1 aromatic heterocycles. The van der Waals surface area contributed by atoms with Gasteiger partial charge in [0.2, 0.25) is 0 Å². The Morgan fingerprint density at radius 3 is 2.41 bits per heavy atom. The molecule has 0 atom stereocenters. The number of hydrogen-bond acceptors (Lipinski definition) is 5. The minimum absolute atomic E-state index is 0.206. The number of aryl methyl sites for hydroxylation is 1. The predicted octanol–water partition coefficient (Wildman–Crippen LogP) is 2.39. The summed E-state index contributed by atoms with van der Waals surface area (Å²) in [5, 5.41) is 4.25. The van der Waals surface area contributed by atoms with Gasteiger partial charge in [0.25, 0.3) is 11.5 Å². The highest BCUT2D eigenvalue weighted by Crippen LogP contribution is 2.37. The minimum atomic E-state index is -0.750. The van der Waals surface area contributed by atoms with Gasteiger partial charge in [-0.05, 0) is 30.9 Å². The van der Waals surface area contributed by atoms with Gasteiger partial charge in [0.1, 0.15) is 5.69 Å². The summed E-state index contributed by atoms with van der Waals surface area (Å²) in [7, 11) is 1.40. The topological polar surface area (TPSA) is 81.5 Å². The smallest absolute Gasteiger partial charge is 0.316 e. The third kappa shape index (κ3) is 4.23. The van der Waals surface area contributed by atoms with E-state index in [4.69, 9.17) is 4.74 Å². The molecule has 1 aromatic carbocycles. The second kappa shape index (κ2) is 9.03. The Hall–Kier alpha value is -2.96. The Labute approximate surface area is 170 Å². The largest absolute Gasteiger partial charge is 0.468 e. The zero-order valence-electron chi connectivity index (χ0n) is 17.0. The van der Waals surface area contributed by atoms with E-state index >= 15 is 0 Å². The molecule has 1 aliphatic heterocycles. The van der Waals surface area contributed by atoms with E-state index in [9.17, 15) is 14.4 Å². The van der Waals surface area contributed by atoms with Crippen molar-refractivity contribution in [3.63, 3.8) is 0 Å². The molecule has 1 fully saturated rings. The van der Waals surface area contributed by atoms with Crippen molar-refractivity contribution in [2.75, 3.05) is 20.2 Å². The van der Waals surface area contributed by atoms with Crippen LogP contribution in [0.2, 0.25) is 0 Å². The van der Waals surface area contributed by atoms with Crippen molar-refractivity contribution in [2.24, 2.45) is 0 Å². The second-order valence-corrected chi connectivity index (χ2v) is 7.37. The van der Waals surface area contributed by atoms with Crippen molar-refractivity contribution in [2.45, 2.75) is 44.6 Å². The van der Waals surface area contributed by atoms with Crippen LogP contribution in [-0.4, -0.2) is 46.8 Å². The third-order valence-electron chi connectivity index (χ3n) is 5.62. The maximum Gasteiger partial charge on any atom is 0.316 e. The molecule has 7 heteroatoms. The van der Waals surface area contributed by atoms with E-state index in [1.807, 2.05) is 37.3 Å². The Bertz CT molecular complexity index is 915. The van der Waals surface area contributed by atoms with Gasteiger partial charge in [0.05, 0.1) is 12.5 Å². The molecule has 1 saturated heterocycles. The van der Waals surface area contributed by atoms with E-state index in [1.165, 1.54) is 23.9 Å². The third-order valence-corrected chi connectivity index (χ3v) is 5.62. The van der Waals surface area contributed by atoms with Gasteiger partial charge in [0.15, 0.2) is 0 Å². The fourth-order valence-electron chi connectivity index (χ4n) is 3.85. The minimum Gasteiger partial charge on any atom is -0.468 e. The van der Waals surface area contributed by atoms with Crippen molar-refractivity contribution < 1.29 is 14.3 Å². The number of likely N-dealkylation sites (tertiary alicyclic amines) is 1. The van der Waals surface area contributed by atoms with E-state index < -0.39 is 5.41 Å². The number of methoxy groups -OCH3 is 1. The van der Waals surface area contributed by atoms with Crippen LogP contribution in [0.1, 0.15) is 48.7 Å². The lowest BCUT2D eigenvalue weighted by molar-refractivity contribution is -0.149. The lowest BCUT2D eigenvalue weighted by Gasteiger charge is -2.39. The van der Waals surface area contributed by atoms with E-state index in [0.717, 1.165) is 18.4 Å². The number of nitrogens with zero attached hydrogens (tertiary/aromatic N) is 3. The molecule has 0 unspecified atom stereocenters. The number of esters is 1. The van der Waals surface area contributed by atoms with Crippen LogP contribution in [-0.2, 0) is 21.5 Å². The molecule has 0 N–H and O–H groups in total. The first kappa shape index (κ1) is 20.8. The molecule has 0 bridgehead atoms. The molecular weight excluding hydrogens is 370 g/mol. The monoisotopic (exact) mass is 397 g/mol. The summed E-state index contributed by atoms with van der Waals surface area (Å²) >= 11 is 0. The predicted molar refractivity (Wildman–Crippen MR) is 109 cm³/mol.